The second-order valence-corrected chi connectivity index (χ2v) is 5.54. The maximum Gasteiger partial charge on any atom is 0.573 e. The van der Waals surface area contributed by atoms with Crippen LogP contribution in [0.15, 0.2) is 48.5 Å². The maximum absolute atomic E-state index is 12.6. The monoisotopic (exact) mass is 326 g/mol. The lowest BCUT2D eigenvalue weighted by molar-refractivity contribution is -0.275. The Bertz CT molecular complexity index is 646. The SMILES string of the molecule is CC(C)(O)c1ccc(OCc2ccccc2)c(OC(F)(F)F)c1. The van der Waals surface area contributed by atoms with Crippen LogP contribution in [0.3, 0.4) is 0 Å². The van der Waals surface area contributed by atoms with Gasteiger partial charge in [-0.15, -0.1) is 13.2 Å². The first-order valence-electron chi connectivity index (χ1n) is 6.94. The predicted molar refractivity (Wildman–Crippen MR) is 79.1 cm³/mol. The summed E-state index contributed by atoms with van der Waals surface area (Å²) in [6.07, 6.45) is -4.84. The van der Waals surface area contributed by atoms with Crippen molar-refractivity contribution in [3.8, 4) is 11.5 Å². The Morgan fingerprint density at radius 3 is 2.17 bits per heavy atom. The number of hydrogen-bond donors (Lipinski definition) is 1. The Hall–Kier alpha value is -2.21. The van der Waals surface area contributed by atoms with Gasteiger partial charge in [-0.25, -0.2) is 0 Å². The first-order chi connectivity index (χ1) is 10.6. The normalized spacial score (nSPS) is 12.1. The van der Waals surface area contributed by atoms with E-state index >= 15 is 0 Å². The van der Waals surface area contributed by atoms with Gasteiger partial charge in [-0.05, 0) is 37.1 Å². The van der Waals surface area contributed by atoms with Crippen LogP contribution >= 0.6 is 0 Å². The highest BCUT2D eigenvalue weighted by Crippen LogP contribution is 2.36. The Morgan fingerprint density at radius 2 is 1.61 bits per heavy atom. The van der Waals surface area contributed by atoms with Crippen molar-refractivity contribution in [2.75, 3.05) is 0 Å². The van der Waals surface area contributed by atoms with Crippen molar-refractivity contribution in [2.45, 2.75) is 32.4 Å². The fourth-order valence-electron chi connectivity index (χ4n) is 1.95. The number of rotatable bonds is 5. The van der Waals surface area contributed by atoms with E-state index in [0.717, 1.165) is 11.6 Å². The molecule has 1 N–H and O–H groups in total. The highest BCUT2D eigenvalue weighted by Gasteiger charge is 2.33. The van der Waals surface area contributed by atoms with Gasteiger partial charge in [-0.1, -0.05) is 36.4 Å². The summed E-state index contributed by atoms with van der Waals surface area (Å²) in [6.45, 7) is 3.06. The van der Waals surface area contributed by atoms with Gasteiger partial charge in [-0.2, -0.15) is 0 Å². The predicted octanol–water partition coefficient (Wildman–Crippen LogP) is 4.39. The van der Waals surface area contributed by atoms with Crippen LogP contribution in [0.2, 0.25) is 0 Å². The molecule has 6 heteroatoms. The van der Waals surface area contributed by atoms with Crippen LogP contribution < -0.4 is 9.47 Å². The number of halogens is 3. The topological polar surface area (TPSA) is 38.7 Å². The Balaban J connectivity index is 2.26. The van der Waals surface area contributed by atoms with Gasteiger partial charge in [0, 0.05) is 0 Å². The molecule has 0 spiro atoms. The molecular formula is C17H17F3O3. The molecule has 0 aliphatic rings. The van der Waals surface area contributed by atoms with Crippen LogP contribution in [0.4, 0.5) is 13.2 Å². The molecule has 0 heterocycles. The molecule has 0 aliphatic heterocycles. The molecule has 0 unspecified atom stereocenters. The molecule has 0 bridgehead atoms. The van der Waals surface area contributed by atoms with Crippen molar-refractivity contribution < 1.29 is 27.8 Å². The number of alkyl halides is 3. The third-order valence-corrected chi connectivity index (χ3v) is 3.11. The van der Waals surface area contributed by atoms with Crippen LogP contribution in [0.1, 0.15) is 25.0 Å². The van der Waals surface area contributed by atoms with Crippen molar-refractivity contribution in [2.24, 2.45) is 0 Å². The molecule has 0 radical (unpaired) electrons. The average molecular weight is 326 g/mol. The second kappa shape index (κ2) is 6.50. The summed E-state index contributed by atoms with van der Waals surface area (Å²) < 4.78 is 47.2. The average Bonchev–Trinajstić information content (AvgIpc) is 2.44. The van der Waals surface area contributed by atoms with Gasteiger partial charge in [0.15, 0.2) is 11.5 Å². The van der Waals surface area contributed by atoms with E-state index in [9.17, 15) is 18.3 Å². The summed E-state index contributed by atoms with van der Waals surface area (Å²) in [4.78, 5) is 0. The summed E-state index contributed by atoms with van der Waals surface area (Å²) in [5, 5.41) is 9.93. The lowest BCUT2D eigenvalue weighted by Crippen LogP contribution is -2.20. The minimum Gasteiger partial charge on any atom is -0.485 e. The fraction of sp³-hybridized carbons (Fsp3) is 0.294. The molecule has 124 valence electrons. The number of hydrogen-bond acceptors (Lipinski definition) is 3. The minimum absolute atomic E-state index is 0.0424. The van der Waals surface area contributed by atoms with E-state index in [-0.39, 0.29) is 12.4 Å². The van der Waals surface area contributed by atoms with Gasteiger partial charge in [0.05, 0.1) is 5.60 Å². The van der Waals surface area contributed by atoms with Crippen molar-refractivity contribution in [1.29, 1.82) is 0 Å². The minimum atomic E-state index is -4.84. The van der Waals surface area contributed by atoms with Gasteiger partial charge in [0.1, 0.15) is 6.61 Å². The molecule has 0 saturated heterocycles. The molecule has 2 rings (SSSR count). The largest absolute Gasteiger partial charge is 0.573 e. The maximum atomic E-state index is 12.6. The van der Waals surface area contributed by atoms with Gasteiger partial charge in [0.25, 0.3) is 0 Å². The fourth-order valence-corrected chi connectivity index (χ4v) is 1.95. The summed E-state index contributed by atoms with van der Waals surface area (Å²) >= 11 is 0. The highest BCUT2D eigenvalue weighted by molar-refractivity contribution is 5.44. The van der Waals surface area contributed by atoms with Gasteiger partial charge in [-0.3, -0.25) is 0 Å². The lowest BCUT2D eigenvalue weighted by Gasteiger charge is -2.21. The third kappa shape index (κ3) is 5.17. The summed E-state index contributed by atoms with van der Waals surface area (Å²) in [7, 11) is 0. The molecule has 0 saturated carbocycles. The highest BCUT2D eigenvalue weighted by atomic mass is 19.4. The zero-order valence-electron chi connectivity index (χ0n) is 12.7. The molecule has 2 aromatic rings. The van der Waals surface area contributed by atoms with Crippen molar-refractivity contribution in [1.82, 2.24) is 0 Å². The number of ether oxygens (including phenoxy) is 2. The zero-order chi connectivity index (χ0) is 17.1. The van der Waals surface area contributed by atoms with Gasteiger partial charge >= 0.3 is 6.36 Å². The Labute approximate surface area is 132 Å². The summed E-state index contributed by atoms with van der Waals surface area (Å²) in [6, 6.07) is 13.0. The molecule has 0 aliphatic carbocycles. The standard InChI is InChI=1S/C17H17F3O3/c1-16(2,21)13-8-9-14(15(10-13)23-17(18,19)20)22-11-12-6-4-3-5-7-12/h3-10,21H,11H2,1-2H3. The van der Waals surface area contributed by atoms with Gasteiger partial charge < -0.3 is 14.6 Å². The van der Waals surface area contributed by atoms with Crippen LogP contribution in [-0.2, 0) is 12.2 Å². The van der Waals surface area contributed by atoms with Crippen molar-refractivity contribution >= 4 is 0 Å². The van der Waals surface area contributed by atoms with E-state index < -0.39 is 17.7 Å². The second-order valence-electron chi connectivity index (χ2n) is 5.54. The smallest absolute Gasteiger partial charge is 0.485 e. The molecule has 23 heavy (non-hydrogen) atoms. The van der Waals surface area contributed by atoms with Crippen LogP contribution in [0.5, 0.6) is 11.5 Å². The van der Waals surface area contributed by atoms with E-state index in [2.05, 4.69) is 4.74 Å². The van der Waals surface area contributed by atoms with E-state index in [1.165, 1.54) is 26.0 Å². The Kier molecular flexibility index (Phi) is 4.85. The quantitative estimate of drug-likeness (QED) is 0.885. The zero-order valence-corrected chi connectivity index (χ0v) is 12.7. The first kappa shape index (κ1) is 17.1. The molecule has 0 fully saturated rings. The molecule has 0 atom stereocenters. The number of aliphatic hydroxyl groups is 1. The van der Waals surface area contributed by atoms with E-state index in [1.54, 1.807) is 12.1 Å². The molecule has 0 aromatic heterocycles. The van der Waals surface area contributed by atoms with Gasteiger partial charge in [0.2, 0.25) is 0 Å². The van der Waals surface area contributed by atoms with Crippen LogP contribution in [0.25, 0.3) is 0 Å². The lowest BCUT2D eigenvalue weighted by atomic mass is 9.98. The first-order valence-corrected chi connectivity index (χ1v) is 6.94. The van der Waals surface area contributed by atoms with Crippen LogP contribution in [-0.4, -0.2) is 11.5 Å². The van der Waals surface area contributed by atoms with E-state index in [1.807, 2.05) is 18.2 Å². The van der Waals surface area contributed by atoms with Crippen LogP contribution in [0, 0.1) is 0 Å². The van der Waals surface area contributed by atoms with Crippen molar-refractivity contribution in [3.05, 3.63) is 59.7 Å². The molecule has 2 aromatic carbocycles. The summed E-state index contributed by atoms with van der Waals surface area (Å²) in [5.41, 5.74) is -0.178. The molecule has 3 nitrogen and oxygen atoms in total. The molecule has 0 amide bonds. The Morgan fingerprint density at radius 1 is 0.957 bits per heavy atom. The molecular weight excluding hydrogens is 309 g/mol. The third-order valence-electron chi connectivity index (χ3n) is 3.11. The number of benzene rings is 2. The van der Waals surface area contributed by atoms with Crippen molar-refractivity contribution in [3.63, 3.8) is 0 Å². The summed E-state index contributed by atoms with van der Waals surface area (Å²) in [5.74, 6) is -0.521. The van der Waals surface area contributed by atoms with E-state index in [0.29, 0.717) is 5.56 Å². The van der Waals surface area contributed by atoms with E-state index in [4.69, 9.17) is 4.74 Å².